The van der Waals surface area contributed by atoms with E-state index in [2.05, 4.69) is 10.1 Å². The maximum atomic E-state index is 12.1. The molecule has 1 aromatic carbocycles. The molecule has 0 radical (unpaired) electrons. The maximum absolute atomic E-state index is 12.1. The zero-order valence-electron chi connectivity index (χ0n) is 11.6. The molecule has 0 spiro atoms. The SMILES string of the molecule is COC(=O)[C@H](C)Sc1ccccc1C(=O)NC(C)C. The van der Waals surface area contributed by atoms with Gasteiger partial charge in [0.05, 0.1) is 12.7 Å². The van der Waals surface area contributed by atoms with Gasteiger partial charge in [-0.1, -0.05) is 12.1 Å². The van der Waals surface area contributed by atoms with Crippen molar-refractivity contribution in [3.63, 3.8) is 0 Å². The molecule has 1 aromatic rings. The fraction of sp³-hybridized carbons (Fsp3) is 0.429. The zero-order chi connectivity index (χ0) is 14.4. The van der Waals surface area contributed by atoms with Crippen LogP contribution < -0.4 is 5.32 Å². The number of esters is 1. The third-order valence-corrected chi connectivity index (χ3v) is 3.54. The quantitative estimate of drug-likeness (QED) is 0.665. The lowest BCUT2D eigenvalue weighted by molar-refractivity contribution is -0.139. The van der Waals surface area contributed by atoms with E-state index in [1.54, 1.807) is 13.0 Å². The summed E-state index contributed by atoms with van der Waals surface area (Å²) >= 11 is 1.32. The molecule has 1 atom stereocenters. The molecule has 0 bridgehead atoms. The molecule has 0 saturated heterocycles. The number of methoxy groups -OCH3 is 1. The van der Waals surface area contributed by atoms with Crippen molar-refractivity contribution in [2.75, 3.05) is 7.11 Å². The van der Waals surface area contributed by atoms with E-state index in [1.165, 1.54) is 18.9 Å². The molecule has 0 aliphatic rings. The molecule has 0 saturated carbocycles. The van der Waals surface area contributed by atoms with E-state index in [0.29, 0.717) is 5.56 Å². The summed E-state index contributed by atoms with van der Waals surface area (Å²) in [4.78, 5) is 24.3. The monoisotopic (exact) mass is 281 g/mol. The van der Waals surface area contributed by atoms with Crippen molar-refractivity contribution < 1.29 is 14.3 Å². The lowest BCUT2D eigenvalue weighted by Crippen LogP contribution is -2.30. The minimum absolute atomic E-state index is 0.0728. The van der Waals surface area contributed by atoms with Crippen molar-refractivity contribution in [2.45, 2.75) is 37.0 Å². The zero-order valence-corrected chi connectivity index (χ0v) is 12.4. The van der Waals surface area contributed by atoms with E-state index < -0.39 is 0 Å². The van der Waals surface area contributed by atoms with Gasteiger partial charge in [0, 0.05) is 10.9 Å². The molecule has 0 heterocycles. The summed E-state index contributed by atoms with van der Waals surface area (Å²) in [5.41, 5.74) is 0.581. The number of benzene rings is 1. The molecule has 0 fully saturated rings. The number of carbonyl (C=O) groups is 2. The minimum atomic E-state index is -0.349. The Hall–Kier alpha value is -1.49. The van der Waals surface area contributed by atoms with Crippen molar-refractivity contribution in [1.29, 1.82) is 0 Å². The van der Waals surface area contributed by atoms with E-state index in [-0.39, 0.29) is 23.2 Å². The van der Waals surface area contributed by atoms with Gasteiger partial charge < -0.3 is 10.1 Å². The van der Waals surface area contributed by atoms with Gasteiger partial charge in [-0.3, -0.25) is 9.59 Å². The molecule has 0 aromatic heterocycles. The summed E-state index contributed by atoms with van der Waals surface area (Å²) in [6.45, 7) is 5.57. The van der Waals surface area contributed by atoms with Crippen molar-refractivity contribution in [1.82, 2.24) is 5.32 Å². The van der Waals surface area contributed by atoms with Crippen LogP contribution in [0.1, 0.15) is 31.1 Å². The van der Waals surface area contributed by atoms with Crippen LogP contribution in [0.4, 0.5) is 0 Å². The Kier molecular flexibility index (Phi) is 5.89. The lowest BCUT2D eigenvalue weighted by Gasteiger charge is -2.14. The molecule has 0 aliphatic heterocycles. The van der Waals surface area contributed by atoms with E-state index in [1.807, 2.05) is 32.0 Å². The molecule has 1 amide bonds. The van der Waals surface area contributed by atoms with Crippen LogP contribution in [-0.4, -0.2) is 30.3 Å². The molecular formula is C14H19NO3S. The van der Waals surface area contributed by atoms with Crippen LogP contribution in [0.2, 0.25) is 0 Å². The van der Waals surface area contributed by atoms with Crippen LogP contribution in [-0.2, 0) is 9.53 Å². The summed E-state index contributed by atoms with van der Waals surface area (Å²) in [6.07, 6.45) is 0. The number of rotatable bonds is 5. The first-order chi connectivity index (χ1) is 8.95. The molecule has 19 heavy (non-hydrogen) atoms. The fourth-order valence-corrected chi connectivity index (χ4v) is 2.52. The molecule has 1 rings (SSSR count). The van der Waals surface area contributed by atoms with Gasteiger partial charge >= 0.3 is 5.97 Å². The van der Waals surface area contributed by atoms with E-state index in [4.69, 9.17) is 0 Å². The van der Waals surface area contributed by atoms with Gasteiger partial charge in [-0.15, -0.1) is 11.8 Å². The van der Waals surface area contributed by atoms with Gasteiger partial charge in [0.2, 0.25) is 0 Å². The predicted molar refractivity (Wildman–Crippen MR) is 76.4 cm³/mol. The fourth-order valence-electron chi connectivity index (χ4n) is 1.50. The second-order valence-electron chi connectivity index (χ2n) is 4.41. The average molecular weight is 281 g/mol. The normalized spacial score (nSPS) is 12.1. The standard InChI is InChI=1S/C14H19NO3S/c1-9(2)15-13(16)11-7-5-6-8-12(11)19-10(3)14(17)18-4/h5-10H,1-4H3,(H,15,16)/t10-/m0/s1. The van der Waals surface area contributed by atoms with Gasteiger partial charge in [0.25, 0.3) is 5.91 Å². The third kappa shape index (κ3) is 4.59. The van der Waals surface area contributed by atoms with Crippen molar-refractivity contribution in [3.05, 3.63) is 29.8 Å². The number of hydrogen-bond donors (Lipinski definition) is 1. The first-order valence-electron chi connectivity index (χ1n) is 6.10. The predicted octanol–water partition coefficient (Wildman–Crippen LogP) is 2.48. The number of ether oxygens (including phenoxy) is 1. The first-order valence-corrected chi connectivity index (χ1v) is 6.98. The number of thioether (sulfide) groups is 1. The van der Waals surface area contributed by atoms with Crippen LogP contribution >= 0.6 is 11.8 Å². The molecule has 0 aliphatic carbocycles. The van der Waals surface area contributed by atoms with E-state index in [9.17, 15) is 9.59 Å². The van der Waals surface area contributed by atoms with Gasteiger partial charge in [-0.25, -0.2) is 0 Å². The Balaban J connectivity index is 2.90. The first kappa shape index (κ1) is 15.6. The lowest BCUT2D eigenvalue weighted by atomic mass is 10.2. The number of amides is 1. The molecular weight excluding hydrogens is 262 g/mol. The van der Waals surface area contributed by atoms with Crippen molar-refractivity contribution >= 4 is 23.6 Å². The molecule has 1 N–H and O–H groups in total. The highest BCUT2D eigenvalue weighted by molar-refractivity contribution is 8.00. The van der Waals surface area contributed by atoms with Crippen LogP contribution in [0, 0.1) is 0 Å². The summed E-state index contributed by atoms with van der Waals surface area (Å²) in [5, 5.41) is 2.50. The Morgan fingerprint density at radius 1 is 1.21 bits per heavy atom. The number of carbonyl (C=O) groups excluding carboxylic acids is 2. The maximum Gasteiger partial charge on any atom is 0.318 e. The highest BCUT2D eigenvalue weighted by Crippen LogP contribution is 2.27. The van der Waals surface area contributed by atoms with E-state index >= 15 is 0 Å². The second kappa shape index (κ2) is 7.19. The molecule has 4 nitrogen and oxygen atoms in total. The average Bonchev–Trinajstić information content (AvgIpc) is 2.37. The van der Waals surface area contributed by atoms with E-state index in [0.717, 1.165) is 4.90 Å². The van der Waals surface area contributed by atoms with Gasteiger partial charge in [0.15, 0.2) is 0 Å². The van der Waals surface area contributed by atoms with Crippen LogP contribution in [0.15, 0.2) is 29.2 Å². The Bertz CT molecular complexity index is 460. The van der Waals surface area contributed by atoms with Gasteiger partial charge in [-0.05, 0) is 32.9 Å². The van der Waals surface area contributed by atoms with Crippen molar-refractivity contribution in [3.8, 4) is 0 Å². The topological polar surface area (TPSA) is 55.4 Å². The smallest absolute Gasteiger partial charge is 0.318 e. The Labute approximate surface area is 117 Å². The Morgan fingerprint density at radius 3 is 2.42 bits per heavy atom. The summed E-state index contributed by atoms with van der Waals surface area (Å²) in [5.74, 6) is -0.431. The highest BCUT2D eigenvalue weighted by atomic mass is 32.2. The minimum Gasteiger partial charge on any atom is -0.468 e. The Morgan fingerprint density at radius 2 is 1.84 bits per heavy atom. The van der Waals surface area contributed by atoms with Crippen molar-refractivity contribution in [2.24, 2.45) is 0 Å². The van der Waals surface area contributed by atoms with Crippen LogP contribution in [0.3, 0.4) is 0 Å². The summed E-state index contributed by atoms with van der Waals surface area (Å²) in [6, 6.07) is 7.31. The molecule has 5 heteroatoms. The highest BCUT2D eigenvalue weighted by Gasteiger charge is 2.19. The summed E-state index contributed by atoms with van der Waals surface area (Å²) in [7, 11) is 1.36. The van der Waals surface area contributed by atoms with Crippen LogP contribution in [0.5, 0.6) is 0 Å². The third-order valence-electron chi connectivity index (χ3n) is 2.39. The molecule has 0 unspecified atom stereocenters. The largest absolute Gasteiger partial charge is 0.468 e. The second-order valence-corrected chi connectivity index (χ2v) is 5.79. The summed E-state index contributed by atoms with van der Waals surface area (Å²) < 4.78 is 4.69. The number of hydrogen-bond acceptors (Lipinski definition) is 4. The molecule has 104 valence electrons. The number of nitrogens with one attached hydrogen (secondary N) is 1. The van der Waals surface area contributed by atoms with Gasteiger partial charge in [0.1, 0.15) is 5.25 Å². The van der Waals surface area contributed by atoms with Crippen LogP contribution in [0.25, 0.3) is 0 Å². The van der Waals surface area contributed by atoms with Gasteiger partial charge in [-0.2, -0.15) is 0 Å².